The molecule has 140 valence electrons. The van der Waals surface area contributed by atoms with Crippen LogP contribution in [0.15, 0.2) is 84.9 Å². The zero-order valence-corrected chi connectivity index (χ0v) is 17.2. The highest BCUT2D eigenvalue weighted by atomic mass is 15.1. The van der Waals surface area contributed by atoms with Gasteiger partial charge in [-0.05, 0) is 59.2 Å². The Morgan fingerprint density at radius 2 is 1.00 bits per heavy atom. The van der Waals surface area contributed by atoms with Crippen LogP contribution in [0.4, 0.5) is 17.1 Å². The largest absolute Gasteiger partial charge is 0.311 e. The molecule has 1 atom stereocenters. The molecule has 0 aliphatic heterocycles. The number of rotatable bonds is 5. The van der Waals surface area contributed by atoms with Crippen LogP contribution in [0.25, 0.3) is 0 Å². The fraction of sp³-hybridized carbons (Fsp3) is 0.308. The van der Waals surface area contributed by atoms with Gasteiger partial charge in [0.1, 0.15) is 0 Å². The van der Waals surface area contributed by atoms with Crippen LogP contribution in [0.3, 0.4) is 0 Å². The Bertz CT molecular complexity index is 787. The van der Waals surface area contributed by atoms with Crippen LogP contribution in [0, 0.1) is 11.3 Å². The van der Waals surface area contributed by atoms with Gasteiger partial charge in [0.05, 0.1) is 0 Å². The van der Waals surface area contributed by atoms with Crippen LogP contribution in [0.2, 0.25) is 0 Å². The molecule has 3 aromatic carbocycles. The lowest BCUT2D eigenvalue weighted by molar-refractivity contribution is 0.258. The first-order valence-corrected chi connectivity index (χ1v) is 9.88. The van der Waals surface area contributed by atoms with E-state index < -0.39 is 0 Å². The predicted molar refractivity (Wildman–Crippen MR) is 118 cm³/mol. The van der Waals surface area contributed by atoms with Crippen molar-refractivity contribution in [3.63, 3.8) is 0 Å². The van der Waals surface area contributed by atoms with E-state index in [1.54, 1.807) is 0 Å². The van der Waals surface area contributed by atoms with Crippen LogP contribution in [0.1, 0.15) is 46.1 Å². The Kier molecular flexibility index (Phi) is 5.70. The van der Waals surface area contributed by atoms with E-state index in [9.17, 15) is 0 Å². The van der Waals surface area contributed by atoms with Gasteiger partial charge in [-0.1, -0.05) is 83.1 Å². The summed E-state index contributed by atoms with van der Waals surface area (Å²) in [7, 11) is 0. The molecule has 0 N–H and O–H groups in total. The highest BCUT2D eigenvalue weighted by molar-refractivity contribution is 5.76. The molecule has 0 heterocycles. The quantitative estimate of drug-likeness (QED) is 0.448. The maximum Gasteiger partial charge on any atom is 0.0461 e. The van der Waals surface area contributed by atoms with Gasteiger partial charge in [0.25, 0.3) is 0 Å². The molecule has 1 unspecified atom stereocenters. The van der Waals surface area contributed by atoms with Gasteiger partial charge in [0, 0.05) is 17.1 Å². The molecule has 0 saturated carbocycles. The lowest BCUT2D eigenvalue weighted by atomic mass is 9.70. The van der Waals surface area contributed by atoms with Gasteiger partial charge in [-0.2, -0.15) is 0 Å². The van der Waals surface area contributed by atoms with Crippen molar-refractivity contribution in [2.24, 2.45) is 11.3 Å². The molecule has 0 spiro atoms. The van der Waals surface area contributed by atoms with Crippen LogP contribution in [0.5, 0.6) is 0 Å². The van der Waals surface area contributed by atoms with Gasteiger partial charge in [-0.25, -0.2) is 0 Å². The van der Waals surface area contributed by atoms with E-state index in [0.717, 1.165) is 0 Å². The van der Waals surface area contributed by atoms with Gasteiger partial charge in [0.15, 0.2) is 0 Å². The number of hydrogen-bond acceptors (Lipinski definition) is 1. The summed E-state index contributed by atoms with van der Waals surface area (Å²) >= 11 is 0. The minimum atomic E-state index is 0.244. The SMILES string of the molecule is CC(C)C(c1ccc(N(c2ccccc2)c2ccccc2)cc1)C(C)(C)C. The molecular formula is C26H31N. The first-order valence-electron chi connectivity index (χ1n) is 9.88. The Hall–Kier alpha value is -2.54. The van der Waals surface area contributed by atoms with Crippen LogP contribution in [-0.4, -0.2) is 0 Å². The number of para-hydroxylation sites is 2. The first-order chi connectivity index (χ1) is 12.9. The van der Waals surface area contributed by atoms with Gasteiger partial charge < -0.3 is 4.90 Å². The van der Waals surface area contributed by atoms with Crippen molar-refractivity contribution in [3.8, 4) is 0 Å². The summed E-state index contributed by atoms with van der Waals surface area (Å²) in [4.78, 5) is 2.31. The number of nitrogens with zero attached hydrogens (tertiary/aromatic N) is 1. The highest BCUT2D eigenvalue weighted by Crippen LogP contribution is 2.42. The average Bonchev–Trinajstić information content (AvgIpc) is 2.64. The monoisotopic (exact) mass is 357 g/mol. The summed E-state index contributed by atoms with van der Waals surface area (Å²) < 4.78 is 0. The average molecular weight is 358 g/mol. The van der Waals surface area contributed by atoms with Crippen molar-refractivity contribution >= 4 is 17.1 Å². The molecule has 0 saturated heterocycles. The molecule has 3 rings (SSSR count). The number of hydrogen-bond donors (Lipinski definition) is 0. The zero-order valence-electron chi connectivity index (χ0n) is 17.2. The van der Waals surface area contributed by atoms with Crippen molar-refractivity contribution < 1.29 is 0 Å². The predicted octanol–water partition coefficient (Wildman–Crippen LogP) is 7.94. The highest BCUT2D eigenvalue weighted by Gasteiger charge is 2.29. The van der Waals surface area contributed by atoms with Gasteiger partial charge in [-0.3, -0.25) is 0 Å². The second-order valence-electron chi connectivity index (χ2n) is 8.69. The molecule has 0 bridgehead atoms. The fourth-order valence-corrected chi connectivity index (χ4v) is 4.32. The van der Waals surface area contributed by atoms with E-state index in [-0.39, 0.29) is 5.41 Å². The second kappa shape index (κ2) is 8.00. The van der Waals surface area contributed by atoms with Crippen molar-refractivity contribution in [1.82, 2.24) is 0 Å². The third-order valence-electron chi connectivity index (χ3n) is 5.14. The fourth-order valence-electron chi connectivity index (χ4n) is 4.32. The van der Waals surface area contributed by atoms with Crippen LogP contribution >= 0.6 is 0 Å². The summed E-state index contributed by atoms with van der Waals surface area (Å²) in [6.07, 6.45) is 0. The van der Waals surface area contributed by atoms with Crippen molar-refractivity contribution in [3.05, 3.63) is 90.5 Å². The van der Waals surface area contributed by atoms with E-state index in [1.807, 2.05) is 0 Å². The standard InChI is InChI=1S/C26H31N/c1-20(2)25(26(3,4)5)21-16-18-24(19-17-21)27(22-12-8-6-9-13-22)23-14-10-7-11-15-23/h6-20,25H,1-5H3. The smallest absolute Gasteiger partial charge is 0.0461 e. The molecule has 0 radical (unpaired) electrons. The summed E-state index contributed by atoms with van der Waals surface area (Å²) in [6, 6.07) is 30.3. The van der Waals surface area contributed by atoms with Gasteiger partial charge in [0.2, 0.25) is 0 Å². The second-order valence-corrected chi connectivity index (χ2v) is 8.69. The molecular weight excluding hydrogens is 326 g/mol. The normalized spacial score (nSPS) is 12.8. The molecule has 3 aromatic rings. The molecule has 0 fully saturated rings. The van der Waals surface area contributed by atoms with Crippen LogP contribution < -0.4 is 4.90 Å². The van der Waals surface area contributed by atoms with Crippen LogP contribution in [-0.2, 0) is 0 Å². The molecule has 0 aromatic heterocycles. The van der Waals surface area contributed by atoms with E-state index in [4.69, 9.17) is 0 Å². The minimum absolute atomic E-state index is 0.244. The summed E-state index contributed by atoms with van der Waals surface area (Å²) in [5, 5.41) is 0. The molecule has 0 aliphatic rings. The maximum absolute atomic E-state index is 2.34. The lowest BCUT2D eigenvalue weighted by Gasteiger charge is -2.35. The lowest BCUT2D eigenvalue weighted by Crippen LogP contribution is -2.23. The summed E-state index contributed by atoms with van der Waals surface area (Å²) in [5.74, 6) is 1.14. The molecule has 0 amide bonds. The van der Waals surface area contributed by atoms with Crippen molar-refractivity contribution in [1.29, 1.82) is 0 Å². The van der Waals surface area contributed by atoms with E-state index in [0.29, 0.717) is 11.8 Å². The van der Waals surface area contributed by atoms with Crippen molar-refractivity contribution in [2.45, 2.75) is 40.5 Å². The molecule has 1 nitrogen and oxygen atoms in total. The number of benzene rings is 3. The Labute approximate surface area is 164 Å². The first kappa shape index (κ1) is 19.2. The van der Waals surface area contributed by atoms with E-state index in [1.165, 1.54) is 22.6 Å². The maximum atomic E-state index is 2.34. The van der Waals surface area contributed by atoms with Crippen molar-refractivity contribution in [2.75, 3.05) is 4.90 Å². The van der Waals surface area contributed by atoms with E-state index >= 15 is 0 Å². The third-order valence-corrected chi connectivity index (χ3v) is 5.14. The zero-order chi connectivity index (χ0) is 19.4. The Morgan fingerprint density at radius 1 is 0.593 bits per heavy atom. The number of anilines is 3. The minimum Gasteiger partial charge on any atom is -0.311 e. The van der Waals surface area contributed by atoms with Gasteiger partial charge >= 0.3 is 0 Å². The third kappa shape index (κ3) is 4.42. The molecule has 1 heteroatoms. The topological polar surface area (TPSA) is 3.24 Å². The van der Waals surface area contributed by atoms with Gasteiger partial charge in [-0.15, -0.1) is 0 Å². The summed E-state index contributed by atoms with van der Waals surface area (Å²) in [6.45, 7) is 11.7. The van der Waals surface area contributed by atoms with E-state index in [2.05, 4.69) is 124 Å². The summed E-state index contributed by atoms with van der Waals surface area (Å²) in [5.41, 5.74) is 5.20. The Balaban J connectivity index is 2.02. The molecule has 0 aliphatic carbocycles. The molecule has 27 heavy (non-hydrogen) atoms. The Morgan fingerprint density at radius 3 is 1.37 bits per heavy atom.